The third-order valence-electron chi connectivity index (χ3n) is 7.05. The molecule has 2 aliphatic rings. The molecule has 0 bridgehead atoms. The van der Waals surface area contributed by atoms with Crippen LogP contribution in [0.25, 0.3) is 10.9 Å². The number of hydrogen-bond donors (Lipinski definition) is 1. The largest absolute Gasteiger partial charge is 0.493 e. The molecular weight excluding hydrogens is 514 g/mol. The van der Waals surface area contributed by atoms with Gasteiger partial charge in [-0.15, -0.1) is 12.4 Å². The molecule has 2 heterocycles. The molecule has 1 unspecified atom stereocenters. The smallest absolute Gasteiger partial charge is 0.166 e. The van der Waals surface area contributed by atoms with Crippen LogP contribution < -0.4 is 14.8 Å². The summed E-state index contributed by atoms with van der Waals surface area (Å²) in [6.45, 7) is 6.45. The minimum absolute atomic E-state index is 0. The van der Waals surface area contributed by atoms with Crippen LogP contribution >= 0.6 is 35.6 Å². The summed E-state index contributed by atoms with van der Waals surface area (Å²) in [6, 6.07) is 6.71. The first-order valence-electron chi connectivity index (χ1n) is 11.5. The van der Waals surface area contributed by atoms with Crippen molar-refractivity contribution in [2.24, 2.45) is 17.8 Å². The molecule has 1 saturated heterocycles. The zero-order chi connectivity index (χ0) is 23.8. The molecule has 5 rings (SSSR count). The zero-order valence-corrected chi connectivity index (χ0v) is 21.9. The number of aromatic nitrogens is 2. The first kappa shape index (κ1) is 26.0. The van der Waals surface area contributed by atoms with Crippen LogP contribution in [-0.2, 0) is 0 Å². The fourth-order valence-electron chi connectivity index (χ4n) is 5.31. The number of nitrogens with one attached hydrogen (secondary N) is 1. The Morgan fingerprint density at radius 3 is 2.54 bits per heavy atom. The van der Waals surface area contributed by atoms with E-state index in [2.05, 4.69) is 27.1 Å². The van der Waals surface area contributed by atoms with Crippen LogP contribution in [0.15, 0.2) is 30.6 Å². The zero-order valence-electron chi connectivity index (χ0n) is 19.6. The monoisotopic (exact) mass is 540 g/mol. The maximum absolute atomic E-state index is 14.6. The van der Waals surface area contributed by atoms with Crippen molar-refractivity contribution in [3.63, 3.8) is 0 Å². The summed E-state index contributed by atoms with van der Waals surface area (Å²) in [5, 5.41) is 3.67. The maximum atomic E-state index is 14.6. The molecule has 3 aromatic rings. The van der Waals surface area contributed by atoms with Crippen molar-refractivity contribution in [1.29, 1.82) is 0 Å². The first-order valence-corrected chi connectivity index (χ1v) is 12.3. The Balaban J connectivity index is 0.00000289. The predicted molar refractivity (Wildman–Crippen MR) is 140 cm³/mol. The lowest BCUT2D eigenvalue weighted by atomic mass is 10.0. The van der Waals surface area contributed by atoms with E-state index in [1.54, 1.807) is 7.11 Å². The summed E-state index contributed by atoms with van der Waals surface area (Å²) in [6.07, 6.45) is 3.85. The number of halogens is 4. The molecule has 10 heteroatoms. The van der Waals surface area contributed by atoms with Crippen molar-refractivity contribution in [3.05, 3.63) is 46.5 Å². The second kappa shape index (κ2) is 10.9. The van der Waals surface area contributed by atoms with Crippen LogP contribution in [0.2, 0.25) is 10.0 Å². The van der Waals surface area contributed by atoms with E-state index in [-0.39, 0.29) is 28.1 Å². The van der Waals surface area contributed by atoms with Gasteiger partial charge in [-0.3, -0.25) is 0 Å². The van der Waals surface area contributed by atoms with Crippen molar-refractivity contribution in [3.8, 4) is 11.5 Å². The van der Waals surface area contributed by atoms with E-state index in [9.17, 15) is 4.39 Å². The highest BCUT2D eigenvalue weighted by Gasteiger charge is 2.40. The third-order valence-corrected chi connectivity index (χ3v) is 7.84. The van der Waals surface area contributed by atoms with Crippen LogP contribution in [-0.4, -0.2) is 48.2 Å². The Hall–Kier alpha value is -2.06. The lowest BCUT2D eigenvalue weighted by Crippen LogP contribution is -2.22. The molecule has 1 N–H and O–H groups in total. The lowest BCUT2D eigenvalue weighted by Gasteiger charge is -2.18. The molecule has 1 aliphatic heterocycles. The molecular formula is C25H28Cl3FN4O2. The highest BCUT2D eigenvalue weighted by atomic mass is 35.5. The number of ether oxygens (including phenoxy) is 2. The third kappa shape index (κ3) is 5.24. The van der Waals surface area contributed by atoms with E-state index in [1.807, 2.05) is 12.1 Å². The summed E-state index contributed by atoms with van der Waals surface area (Å²) in [4.78, 5) is 11.2. The van der Waals surface area contributed by atoms with Gasteiger partial charge in [0.25, 0.3) is 0 Å². The van der Waals surface area contributed by atoms with Crippen LogP contribution in [0.5, 0.6) is 11.5 Å². The average Bonchev–Trinajstić information content (AvgIpc) is 3.41. The fourth-order valence-corrected chi connectivity index (χ4v) is 5.62. The predicted octanol–water partition coefficient (Wildman–Crippen LogP) is 6.61. The number of nitrogens with zero attached hydrogens (tertiary/aromatic N) is 3. The van der Waals surface area contributed by atoms with Gasteiger partial charge in [0.15, 0.2) is 17.3 Å². The van der Waals surface area contributed by atoms with Gasteiger partial charge in [-0.05, 0) is 55.3 Å². The molecule has 1 aliphatic carbocycles. The Morgan fingerprint density at radius 1 is 1.11 bits per heavy atom. The Bertz CT molecular complexity index is 1200. The average molecular weight is 542 g/mol. The van der Waals surface area contributed by atoms with E-state index in [0.29, 0.717) is 40.7 Å². The van der Waals surface area contributed by atoms with Crippen molar-refractivity contribution < 1.29 is 13.9 Å². The summed E-state index contributed by atoms with van der Waals surface area (Å²) in [5.74, 6) is 3.13. The number of anilines is 2. The number of benzene rings is 2. The van der Waals surface area contributed by atoms with Gasteiger partial charge < -0.3 is 19.7 Å². The molecule has 0 spiro atoms. The van der Waals surface area contributed by atoms with Crippen LogP contribution in [0, 0.1) is 23.6 Å². The summed E-state index contributed by atoms with van der Waals surface area (Å²) in [5.41, 5.74) is 0.831. The van der Waals surface area contributed by atoms with Gasteiger partial charge in [0, 0.05) is 24.5 Å². The quantitative estimate of drug-likeness (QED) is 0.340. The maximum Gasteiger partial charge on any atom is 0.166 e. The van der Waals surface area contributed by atoms with E-state index < -0.39 is 5.82 Å². The van der Waals surface area contributed by atoms with E-state index in [0.717, 1.165) is 18.4 Å². The minimum Gasteiger partial charge on any atom is -0.493 e. The molecule has 1 aromatic heterocycles. The van der Waals surface area contributed by atoms with Gasteiger partial charge in [0.05, 0.1) is 35.0 Å². The highest BCUT2D eigenvalue weighted by molar-refractivity contribution is 6.42. The fraction of sp³-hybridized carbons (Fsp3) is 0.440. The van der Waals surface area contributed by atoms with Gasteiger partial charge in [-0.2, -0.15) is 0 Å². The molecule has 2 aromatic carbocycles. The SMILES string of the molecule is CCN1C[C@H]2CC(COc3cc4ncnc(Nc5ccc(Cl)c(Cl)c5F)c4cc3OC)C[C@H]2C1.Cl. The Kier molecular flexibility index (Phi) is 8.11. The van der Waals surface area contributed by atoms with Crippen LogP contribution in [0.1, 0.15) is 19.8 Å². The standard InChI is InChI=1S/C25H27Cl2FN4O2.ClH/c1-3-32-10-15-6-14(7-16(15)11-32)12-34-22-9-20-17(8-21(22)33-2)25(30-13-29-20)31-19-5-4-18(26)23(27)24(19)28;/h4-5,8-9,13-16H,3,6-7,10-12H2,1-2H3,(H,29,30,31);1H/t14?,15-,16+;. The molecule has 2 fully saturated rings. The second-order valence-corrected chi connectivity index (χ2v) is 9.90. The minimum atomic E-state index is -0.642. The number of hydrogen-bond acceptors (Lipinski definition) is 6. The van der Waals surface area contributed by atoms with E-state index >= 15 is 0 Å². The van der Waals surface area contributed by atoms with Crippen LogP contribution in [0.3, 0.4) is 0 Å². The molecule has 188 valence electrons. The number of likely N-dealkylation sites (tertiary alicyclic amines) is 1. The summed E-state index contributed by atoms with van der Waals surface area (Å²) >= 11 is 11.9. The molecule has 35 heavy (non-hydrogen) atoms. The van der Waals surface area contributed by atoms with Gasteiger partial charge in [0.1, 0.15) is 12.1 Å². The summed E-state index contributed by atoms with van der Waals surface area (Å²) in [7, 11) is 1.60. The summed E-state index contributed by atoms with van der Waals surface area (Å²) < 4.78 is 26.4. The Labute approximate surface area is 220 Å². The topological polar surface area (TPSA) is 59.5 Å². The number of methoxy groups -OCH3 is 1. The number of rotatable bonds is 7. The number of fused-ring (bicyclic) bond motifs is 2. The molecule has 3 atom stereocenters. The molecule has 0 radical (unpaired) electrons. The second-order valence-electron chi connectivity index (χ2n) is 9.11. The molecule has 1 saturated carbocycles. The first-order chi connectivity index (χ1) is 16.5. The van der Waals surface area contributed by atoms with Gasteiger partial charge in [0.2, 0.25) is 0 Å². The molecule has 6 nitrogen and oxygen atoms in total. The van der Waals surface area contributed by atoms with Crippen LogP contribution in [0.4, 0.5) is 15.9 Å². The van der Waals surface area contributed by atoms with Crippen molar-refractivity contribution in [2.45, 2.75) is 19.8 Å². The normalized spacial score (nSPS) is 21.6. The Morgan fingerprint density at radius 2 is 1.86 bits per heavy atom. The van der Waals surface area contributed by atoms with E-state index in [4.69, 9.17) is 32.7 Å². The highest BCUT2D eigenvalue weighted by Crippen LogP contribution is 2.42. The van der Waals surface area contributed by atoms with Crippen molar-refractivity contribution in [1.82, 2.24) is 14.9 Å². The van der Waals surface area contributed by atoms with Gasteiger partial charge in [-0.1, -0.05) is 30.1 Å². The van der Waals surface area contributed by atoms with E-state index in [1.165, 1.54) is 44.4 Å². The molecule has 0 amide bonds. The van der Waals surface area contributed by atoms with Gasteiger partial charge in [-0.25, -0.2) is 14.4 Å². The van der Waals surface area contributed by atoms with Crippen molar-refractivity contribution >= 4 is 58.0 Å². The lowest BCUT2D eigenvalue weighted by molar-refractivity contribution is 0.223. The van der Waals surface area contributed by atoms with Crippen molar-refractivity contribution in [2.75, 3.05) is 38.7 Å². The van der Waals surface area contributed by atoms with Gasteiger partial charge >= 0.3 is 0 Å².